The monoisotopic (exact) mass is 289 g/mol. The van der Waals surface area contributed by atoms with E-state index < -0.39 is 5.54 Å². The summed E-state index contributed by atoms with van der Waals surface area (Å²) in [6.07, 6.45) is 0. The lowest BCUT2D eigenvalue weighted by atomic mass is 9.90. The van der Waals surface area contributed by atoms with Crippen LogP contribution in [0.5, 0.6) is 0 Å². The Morgan fingerprint density at radius 1 is 1.33 bits per heavy atom. The molecule has 0 spiro atoms. The average molecular weight is 289 g/mol. The van der Waals surface area contributed by atoms with E-state index in [0.29, 0.717) is 19.2 Å². The lowest BCUT2D eigenvalue weighted by molar-refractivity contribution is 0.111. The van der Waals surface area contributed by atoms with E-state index in [1.165, 1.54) is 0 Å². The van der Waals surface area contributed by atoms with Gasteiger partial charge in [-0.25, -0.2) is 0 Å². The smallest absolute Gasteiger partial charge is 0.145 e. The Labute approximate surface area is 128 Å². The number of hydrogen-bond acceptors (Lipinski definition) is 4. The summed E-state index contributed by atoms with van der Waals surface area (Å²) in [7, 11) is 1.71. The number of benzene rings is 1. The standard InChI is InChI=1S/C17H27N3O/c1-5-19-17(13-18,16-9-7-6-8-10-16)14-20(15(2)3)11-12-21-4/h6-10,15,19H,5,11-12,14H2,1-4H3. The molecule has 1 atom stereocenters. The van der Waals surface area contributed by atoms with Crippen molar-refractivity contribution in [3.05, 3.63) is 35.9 Å². The van der Waals surface area contributed by atoms with Crippen LogP contribution in [0, 0.1) is 11.3 Å². The zero-order valence-corrected chi connectivity index (χ0v) is 13.6. The van der Waals surface area contributed by atoms with Gasteiger partial charge in [0.25, 0.3) is 0 Å². The first-order valence-electron chi connectivity index (χ1n) is 7.54. The Bertz CT molecular complexity index is 441. The zero-order chi connectivity index (χ0) is 15.7. The van der Waals surface area contributed by atoms with Gasteiger partial charge in [0, 0.05) is 26.2 Å². The summed E-state index contributed by atoms with van der Waals surface area (Å²) in [6.45, 7) is 9.20. The number of nitrogens with zero attached hydrogens (tertiary/aromatic N) is 2. The number of methoxy groups -OCH3 is 1. The molecule has 0 aliphatic heterocycles. The maximum Gasteiger partial charge on any atom is 0.145 e. The van der Waals surface area contributed by atoms with Crippen molar-refractivity contribution in [3.8, 4) is 6.07 Å². The number of ether oxygens (including phenoxy) is 1. The summed E-state index contributed by atoms with van der Waals surface area (Å²) >= 11 is 0. The normalized spacial score (nSPS) is 14.1. The number of nitrogens with one attached hydrogen (secondary N) is 1. The van der Waals surface area contributed by atoms with Crippen molar-refractivity contribution in [1.82, 2.24) is 10.2 Å². The highest BCUT2D eigenvalue weighted by Gasteiger charge is 2.34. The second kappa shape index (κ2) is 8.78. The van der Waals surface area contributed by atoms with Gasteiger partial charge in [-0.05, 0) is 26.0 Å². The fraction of sp³-hybridized carbons (Fsp3) is 0.588. The maximum atomic E-state index is 9.85. The minimum atomic E-state index is -0.686. The van der Waals surface area contributed by atoms with E-state index in [1.54, 1.807) is 7.11 Å². The van der Waals surface area contributed by atoms with Crippen molar-refractivity contribution >= 4 is 0 Å². The lowest BCUT2D eigenvalue weighted by Gasteiger charge is -2.36. The molecule has 0 heterocycles. The van der Waals surface area contributed by atoms with Crippen LogP contribution < -0.4 is 5.32 Å². The molecule has 0 aliphatic carbocycles. The number of likely N-dealkylation sites (N-methyl/N-ethyl adjacent to an activating group) is 1. The Hall–Kier alpha value is -1.41. The molecule has 0 aliphatic rings. The van der Waals surface area contributed by atoms with Crippen molar-refractivity contribution in [2.45, 2.75) is 32.4 Å². The first-order chi connectivity index (χ1) is 10.1. The van der Waals surface area contributed by atoms with Gasteiger partial charge >= 0.3 is 0 Å². The average Bonchev–Trinajstić information content (AvgIpc) is 2.51. The van der Waals surface area contributed by atoms with Gasteiger partial charge in [-0.1, -0.05) is 37.3 Å². The quantitative estimate of drug-likeness (QED) is 0.758. The van der Waals surface area contributed by atoms with Crippen LogP contribution in [0.3, 0.4) is 0 Å². The van der Waals surface area contributed by atoms with Crippen LogP contribution in [-0.2, 0) is 10.3 Å². The van der Waals surface area contributed by atoms with Crippen molar-refractivity contribution in [3.63, 3.8) is 0 Å². The molecule has 0 aromatic heterocycles. The Kier molecular flexibility index (Phi) is 7.38. The Morgan fingerprint density at radius 2 is 2.00 bits per heavy atom. The van der Waals surface area contributed by atoms with Gasteiger partial charge in [-0.15, -0.1) is 0 Å². The summed E-state index contributed by atoms with van der Waals surface area (Å²) in [5, 5.41) is 13.2. The minimum absolute atomic E-state index is 0.357. The highest BCUT2D eigenvalue weighted by Crippen LogP contribution is 2.23. The second-order valence-electron chi connectivity index (χ2n) is 5.47. The van der Waals surface area contributed by atoms with Gasteiger partial charge in [0.1, 0.15) is 5.54 Å². The second-order valence-corrected chi connectivity index (χ2v) is 5.47. The predicted octanol–water partition coefficient (Wildman–Crippen LogP) is 2.37. The van der Waals surface area contributed by atoms with E-state index in [2.05, 4.69) is 30.1 Å². The molecule has 1 aromatic rings. The molecule has 4 heteroatoms. The van der Waals surface area contributed by atoms with Crippen molar-refractivity contribution in [2.24, 2.45) is 0 Å². The van der Waals surface area contributed by atoms with Crippen LogP contribution in [0.1, 0.15) is 26.3 Å². The Morgan fingerprint density at radius 3 is 2.48 bits per heavy atom. The number of nitriles is 1. The third kappa shape index (κ3) is 4.82. The van der Waals surface area contributed by atoms with Crippen molar-refractivity contribution < 1.29 is 4.74 Å². The SMILES string of the molecule is CCNC(C#N)(CN(CCOC)C(C)C)c1ccccc1. The van der Waals surface area contributed by atoms with Gasteiger partial charge in [-0.3, -0.25) is 10.2 Å². The van der Waals surface area contributed by atoms with E-state index in [4.69, 9.17) is 4.74 Å². The van der Waals surface area contributed by atoms with E-state index in [9.17, 15) is 5.26 Å². The van der Waals surface area contributed by atoms with E-state index in [1.807, 2.05) is 37.3 Å². The van der Waals surface area contributed by atoms with Crippen LogP contribution in [0.4, 0.5) is 0 Å². The van der Waals surface area contributed by atoms with Crippen LogP contribution in [0.15, 0.2) is 30.3 Å². The molecule has 1 aromatic carbocycles. The van der Waals surface area contributed by atoms with Gasteiger partial charge in [0.2, 0.25) is 0 Å². The molecule has 1 N–H and O–H groups in total. The van der Waals surface area contributed by atoms with E-state index in [0.717, 1.165) is 18.7 Å². The molecule has 0 radical (unpaired) electrons. The van der Waals surface area contributed by atoms with E-state index >= 15 is 0 Å². The summed E-state index contributed by atoms with van der Waals surface area (Å²) in [5.74, 6) is 0. The van der Waals surface area contributed by atoms with Gasteiger partial charge in [0.05, 0.1) is 12.7 Å². The largest absolute Gasteiger partial charge is 0.383 e. The molecule has 1 unspecified atom stereocenters. The number of rotatable bonds is 9. The Balaban J connectivity index is 3.04. The molecule has 0 amide bonds. The van der Waals surface area contributed by atoms with Crippen LogP contribution in [-0.4, -0.2) is 44.3 Å². The van der Waals surface area contributed by atoms with Gasteiger partial charge in [0.15, 0.2) is 0 Å². The fourth-order valence-corrected chi connectivity index (χ4v) is 2.45. The van der Waals surface area contributed by atoms with Crippen LogP contribution >= 0.6 is 0 Å². The predicted molar refractivity (Wildman–Crippen MR) is 86.0 cm³/mol. The molecule has 1 rings (SSSR count). The first-order valence-corrected chi connectivity index (χ1v) is 7.54. The molecule has 4 nitrogen and oxygen atoms in total. The molecule has 21 heavy (non-hydrogen) atoms. The molecule has 0 saturated heterocycles. The van der Waals surface area contributed by atoms with Crippen LogP contribution in [0.25, 0.3) is 0 Å². The molecule has 116 valence electrons. The zero-order valence-electron chi connectivity index (χ0n) is 13.6. The summed E-state index contributed by atoms with van der Waals surface area (Å²) in [6, 6.07) is 12.8. The van der Waals surface area contributed by atoms with Gasteiger partial charge in [-0.2, -0.15) is 5.26 Å². The van der Waals surface area contributed by atoms with E-state index in [-0.39, 0.29) is 0 Å². The fourth-order valence-electron chi connectivity index (χ4n) is 2.45. The lowest BCUT2D eigenvalue weighted by Crippen LogP contribution is -2.52. The third-order valence-electron chi connectivity index (χ3n) is 3.69. The molecular formula is C17H27N3O. The minimum Gasteiger partial charge on any atom is -0.383 e. The summed E-state index contributed by atoms with van der Waals surface area (Å²) in [5.41, 5.74) is 0.325. The topological polar surface area (TPSA) is 48.3 Å². The molecule has 0 fully saturated rings. The highest BCUT2D eigenvalue weighted by molar-refractivity contribution is 5.32. The third-order valence-corrected chi connectivity index (χ3v) is 3.69. The van der Waals surface area contributed by atoms with Gasteiger partial charge < -0.3 is 4.74 Å². The highest BCUT2D eigenvalue weighted by atomic mass is 16.5. The van der Waals surface area contributed by atoms with Crippen LogP contribution in [0.2, 0.25) is 0 Å². The maximum absolute atomic E-state index is 9.85. The number of hydrogen-bond donors (Lipinski definition) is 1. The summed E-state index contributed by atoms with van der Waals surface area (Å²) < 4.78 is 5.19. The first kappa shape index (κ1) is 17.6. The molecule has 0 bridgehead atoms. The summed E-state index contributed by atoms with van der Waals surface area (Å²) in [4.78, 5) is 2.28. The van der Waals surface area contributed by atoms with Crippen molar-refractivity contribution in [2.75, 3.05) is 33.4 Å². The molecular weight excluding hydrogens is 262 g/mol. The molecule has 0 saturated carbocycles. The van der Waals surface area contributed by atoms with Crippen molar-refractivity contribution in [1.29, 1.82) is 5.26 Å².